The topological polar surface area (TPSA) is 44.5 Å². The van der Waals surface area contributed by atoms with Gasteiger partial charge >= 0.3 is 0 Å². The van der Waals surface area contributed by atoms with Gasteiger partial charge in [0.05, 0.1) is 32.0 Å². The van der Waals surface area contributed by atoms with Gasteiger partial charge in [0.1, 0.15) is 0 Å². The van der Waals surface area contributed by atoms with Gasteiger partial charge in [-0.05, 0) is 0 Å². The van der Waals surface area contributed by atoms with Crippen LogP contribution >= 0.6 is 0 Å². The quantitative estimate of drug-likeness (QED) is 0.550. The lowest BCUT2D eigenvalue weighted by Crippen LogP contribution is -2.42. The average molecular weight is 143 g/mol. The first-order valence-electron chi connectivity index (χ1n) is 3.42. The van der Waals surface area contributed by atoms with E-state index in [1.165, 1.54) is 0 Å². The molecule has 0 spiro atoms. The molecule has 1 rings (SSSR count). The van der Waals surface area contributed by atoms with Crippen molar-refractivity contribution in [3.63, 3.8) is 0 Å². The Morgan fingerprint density at radius 2 is 2.40 bits per heavy atom. The van der Waals surface area contributed by atoms with Gasteiger partial charge in [-0.3, -0.25) is 0 Å². The van der Waals surface area contributed by atoms with Crippen molar-refractivity contribution in [1.82, 2.24) is 0 Å². The summed E-state index contributed by atoms with van der Waals surface area (Å²) in [6, 6.07) is -0.0969. The average Bonchev–Trinajstić information content (AvgIpc) is 2.05. The van der Waals surface area contributed by atoms with E-state index < -0.39 is 0 Å². The normalized spacial score (nSPS) is 29.5. The molecule has 58 valence electrons. The molecule has 1 aliphatic heterocycles. The third-order valence-corrected chi connectivity index (χ3v) is 1.54. The molecular formula is C7H13NO2. The highest BCUT2D eigenvalue weighted by molar-refractivity contribution is 4.89. The van der Waals surface area contributed by atoms with E-state index in [2.05, 4.69) is 6.58 Å². The maximum atomic E-state index is 5.62. The van der Waals surface area contributed by atoms with E-state index in [9.17, 15) is 0 Å². The molecule has 0 aliphatic carbocycles. The minimum absolute atomic E-state index is 0.00579. The van der Waals surface area contributed by atoms with Gasteiger partial charge in [-0.1, -0.05) is 6.08 Å². The van der Waals surface area contributed by atoms with Crippen LogP contribution in [0.1, 0.15) is 0 Å². The summed E-state index contributed by atoms with van der Waals surface area (Å²) in [6.07, 6.45) is 1.69. The van der Waals surface area contributed by atoms with Gasteiger partial charge in [0.2, 0.25) is 0 Å². The zero-order chi connectivity index (χ0) is 7.40. The molecule has 2 atom stereocenters. The lowest BCUT2D eigenvalue weighted by atomic mass is 10.2. The molecule has 0 bridgehead atoms. The summed E-state index contributed by atoms with van der Waals surface area (Å²) in [5, 5.41) is 0. The molecule has 1 heterocycles. The monoisotopic (exact) mass is 143 g/mol. The number of ether oxygens (including phenoxy) is 2. The first-order valence-corrected chi connectivity index (χ1v) is 3.42. The maximum absolute atomic E-state index is 5.62. The van der Waals surface area contributed by atoms with Gasteiger partial charge in [0, 0.05) is 0 Å². The molecule has 0 radical (unpaired) electrons. The summed E-state index contributed by atoms with van der Waals surface area (Å²) in [6.45, 7) is 5.49. The van der Waals surface area contributed by atoms with Crippen molar-refractivity contribution in [3.8, 4) is 0 Å². The fraction of sp³-hybridized carbons (Fsp3) is 0.714. The fourth-order valence-corrected chi connectivity index (χ4v) is 0.880. The molecule has 0 aromatic carbocycles. The lowest BCUT2D eigenvalue weighted by Gasteiger charge is -2.25. The first kappa shape index (κ1) is 7.72. The number of rotatable bonds is 2. The number of hydrogen-bond donors (Lipinski definition) is 1. The van der Waals surface area contributed by atoms with Crippen molar-refractivity contribution in [3.05, 3.63) is 12.7 Å². The van der Waals surface area contributed by atoms with Crippen LogP contribution in [-0.2, 0) is 9.47 Å². The van der Waals surface area contributed by atoms with E-state index >= 15 is 0 Å². The number of nitrogens with two attached hydrogens (primary N) is 1. The highest BCUT2D eigenvalue weighted by atomic mass is 16.6. The number of hydrogen-bond acceptors (Lipinski definition) is 3. The van der Waals surface area contributed by atoms with Gasteiger partial charge in [0.15, 0.2) is 0 Å². The second-order valence-corrected chi connectivity index (χ2v) is 2.30. The Hall–Kier alpha value is -0.380. The zero-order valence-corrected chi connectivity index (χ0v) is 5.95. The van der Waals surface area contributed by atoms with Crippen molar-refractivity contribution in [2.75, 3.05) is 19.8 Å². The van der Waals surface area contributed by atoms with Crippen molar-refractivity contribution in [1.29, 1.82) is 0 Å². The van der Waals surface area contributed by atoms with Crippen molar-refractivity contribution in [2.45, 2.75) is 12.1 Å². The van der Waals surface area contributed by atoms with Crippen molar-refractivity contribution in [2.24, 2.45) is 5.73 Å². The van der Waals surface area contributed by atoms with Crippen LogP contribution in [0.2, 0.25) is 0 Å². The minimum atomic E-state index is -0.0969. The van der Waals surface area contributed by atoms with Gasteiger partial charge in [-0.2, -0.15) is 0 Å². The molecule has 1 saturated heterocycles. The fourth-order valence-electron chi connectivity index (χ4n) is 0.880. The summed E-state index contributed by atoms with van der Waals surface area (Å²) in [5.41, 5.74) is 5.62. The van der Waals surface area contributed by atoms with Crippen LogP contribution in [0.25, 0.3) is 0 Å². The lowest BCUT2D eigenvalue weighted by molar-refractivity contribution is -0.0916. The van der Waals surface area contributed by atoms with E-state index in [-0.39, 0.29) is 12.1 Å². The second kappa shape index (κ2) is 3.71. The molecule has 3 heteroatoms. The zero-order valence-electron chi connectivity index (χ0n) is 5.95. The van der Waals surface area contributed by atoms with Crippen LogP contribution in [0.3, 0.4) is 0 Å². The molecule has 0 saturated carbocycles. The van der Waals surface area contributed by atoms with Gasteiger partial charge in [-0.25, -0.2) is 0 Å². The van der Waals surface area contributed by atoms with Crippen LogP contribution in [0.4, 0.5) is 0 Å². The van der Waals surface area contributed by atoms with Crippen LogP contribution in [0.5, 0.6) is 0 Å². The highest BCUT2D eigenvalue weighted by Crippen LogP contribution is 2.03. The van der Waals surface area contributed by atoms with Crippen molar-refractivity contribution < 1.29 is 9.47 Å². The summed E-state index contributed by atoms with van der Waals surface area (Å²) < 4.78 is 10.5. The molecule has 2 unspecified atom stereocenters. The summed E-state index contributed by atoms with van der Waals surface area (Å²) >= 11 is 0. The highest BCUT2D eigenvalue weighted by Gasteiger charge is 2.18. The standard InChI is InChI=1S/C7H13NO2/c1-2-6(8)7-5-9-3-4-10-7/h2,6-7H,1,3-5,8H2. The molecule has 1 fully saturated rings. The van der Waals surface area contributed by atoms with E-state index in [0.717, 1.165) is 0 Å². The van der Waals surface area contributed by atoms with E-state index in [0.29, 0.717) is 19.8 Å². The predicted molar refractivity (Wildman–Crippen MR) is 38.7 cm³/mol. The molecule has 10 heavy (non-hydrogen) atoms. The molecule has 0 aromatic rings. The third-order valence-electron chi connectivity index (χ3n) is 1.54. The Morgan fingerprint density at radius 3 is 2.90 bits per heavy atom. The first-order chi connectivity index (χ1) is 4.84. The van der Waals surface area contributed by atoms with E-state index in [1.54, 1.807) is 6.08 Å². The molecule has 2 N–H and O–H groups in total. The Labute approximate surface area is 60.8 Å². The second-order valence-electron chi connectivity index (χ2n) is 2.30. The summed E-state index contributed by atoms with van der Waals surface area (Å²) in [5.74, 6) is 0. The van der Waals surface area contributed by atoms with Crippen LogP contribution in [-0.4, -0.2) is 32.0 Å². The molecular weight excluding hydrogens is 130 g/mol. The van der Waals surface area contributed by atoms with Crippen LogP contribution in [0.15, 0.2) is 12.7 Å². The predicted octanol–water partition coefficient (Wildman–Crippen LogP) is -0.0849. The SMILES string of the molecule is C=CC(N)C1COCCO1. The smallest absolute Gasteiger partial charge is 0.0995 e. The van der Waals surface area contributed by atoms with E-state index in [1.807, 2.05) is 0 Å². The summed E-state index contributed by atoms with van der Waals surface area (Å²) in [7, 11) is 0. The maximum Gasteiger partial charge on any atom is 0.0995 e. The minimum Gasteiger partial charge on any atom is -0.376 e. The van der Waals surface area contributed by atoms with Crippen LogP contribution in [0, 0.1) is 0 Å². The Bertz CT molecular complexity index is 110. The molecule has 3 nitrogen and oxygen atoms in total. The summed E-state index contributed by atoms with van der Waals surface area (Å²) in [4.78, 5) is 0. The third kappa shape index (κ3) is 1.80. The van der Waals surface area contributed by atoms with Gasteiger partial charge in [-0.15, -0.1) is 6.58 Å². The largest absolute Gasteiger partial charge is 0.376 e. The molecule has 0 aromatic heterocycles. The Morgan fingerprint density at radius 1 is 1.60 bits per heavy atom. The van der Waals surface area contributed by atoms with Crippen LogP contribution < -0.4 is 5.73 Å². The Balaban J connectivity index is 2.30. The van der Waals surface area contributed by atoms with Crippen molar-refractivity contribution >= 4 is 0 Å². The van der Waals surface area contributed by atoms with Gasteiger partial charge in [0.25, 0.3) is 0 Å². The molecule has 1 aliphatic rings. The molecule has 0 amide bonds. The van der Waals surface area contributed by atoms with E-state index in [4.69, 9.17) is 15.2 Å². The van der Waals surface area contributed by atoms with Gasteiger partial charge < -0.3 is 15.2 Å². The Kier molecular flexibility index (Phi) is 2.86.